The number of amides is 1. The van der Waals surface area contributed by atoms with Crippen molar-refractivity contribution in [2.24, 2.45) is 5.92 Å². The van der Waals surface area contributed by atoms with Gasteiger partial charge in [-0.15, -0.1) is 17.9 Å². The van der Waals surface area contributed by atoms with Crippen LogP contribution in [0.15, 0.2) is 40.7 Å². The fraction of sp³-hybridized carbons (Fsp3) is 0.483. The number of aromatic hydroxyl groups is 1. The molecular weight excluding hydrogens is 550 g/mol. The lowest BCUT2D eigenvalue weighted by Gasteiger charge is -2.60. The number of phenols is 1. The number of ether oxygens (including phenoxy) is 1. The lowest BCUT2D eigenvalue weighted by atomic mass is 9.50. The van der Waals surface area contributed by atoms with E-state index in [9.17, 15) is 9.90 Å². The first-order valence-corrected chi connectivity index (χ1v) is 14.7. The molecule has 37 heavy (non-hydrogen) atoms. The van der Waals surface area contributed by atoms with Gasteiger partial charge in [0.1, 0.15) is 6.10 Å². The molecule has 2 bridgehead atoms. The molecule has 2 aromatic rings. The Kier molecular flexibility index (Phi) is 6.20. The number of nitrogens with zero attached hydrogens (tertiary/aromatic N) is 3. The fourth-order valence-electron chi connectivity index (χ4n) is 7.70. The quantitative estimate of drug-likeness (QED) is 0.381. The van der Waals surface area contributed by atoms with Crippen molar-refractivity contribution in [3.63, 3.8) is 0 Å². The molecule has 1 saturated carbocycles. The first-order chi connectivity index (χ1) is 17.8. The largest absolute Gasteiger partial charge is 0.504 e. The maximum atomic E-state index is 13.4. The number of thiophene rings is 1. The van der Waals surface area contributed by atoms with Crippen LogP contribution in [0.5, 0.6) is 11.5 Å². The van der Waals surface area contributed by atoms with E-state index in [-0.39, 0.29) is 29.2 Å². The molecule has 1 aromatic heterocycles. The molecule has 8 heteroatoms. The standard InChI is InChI=1S/C29H34BrN3O3S/c1-5-11-33-12-10-29-20-7-8-21(32(4)25(35)9-6-18-13-17(30)16-37-18)28(29)36-27-24(34)15-22(31(2)3)19(26(27)29)14-23(20)33/h5-6,9,13,15-16,20-21,23,28,34H,1,7-8,10-12,14H2,2-4H3/b9-6+/t20-,21+,23+,28-,29-/m0/s1. The van der Waals surface area contributed by atoms with Gasteiger partial charge in [0.05, 0.1) is 6.04 Å². The van der Waals surface area contributed by atoms with E-state index in [1.165, 1.54) is 11.1 Å². The van der Waals surface area contributed by atoms with Crippen molar-refractivity contribution in [1.29, 1.82) is 0 Å². The van der Waals surface area contributed by atoms with Gasteiger partial charge in [-0.2, -0.15) is 0 Å². The molecule has 2 aliphatic carbocycles. The monoisotopic (exact) mass is 583 g/mol. The van der Waals surface area contributed by atoms with Gasteiger partial charge in [0.15, 0.2) is 11.5 Å². The van der Waals surface area contributed by atoms with Gasteiger partial charge in [-0.25, -0.2) is 0 Å². The van der Waals surface area contributed by atoms with Crippen LogP contribution in [0.2, 0.25) is 0 Å². The fourth-order valence-corrected chi connectivity index (χ4v) is 9.04. The molecule has 1 N–H and O–H groups in total. The highest BCUT2D eigenvalue weighted by Crippen LogP contribution is 2.65. The molecule has 1 aromatic carbocycles. The van der Waals surface area contributed by atoms with Gasteiger partial charge in [-0.1, -0.05) is 6.08 Å². The van der Waals surface area contributed by atoms with E-state index in [1.807, 2.05) is 55.7 Å². The zero-order valence-electron chi connectivity index (χ0n) is 21.6. The van der Waals surface area contributed by atoms with E-state index in [2.05, 4.69) is 32.3 Å². The van der Waals surface area contributed by atoms with Crippen molar-refractivity contribution in [2.45, 2.75) is 49.3 Å². The highest BCUT2D eigenvalue weighted by molar-refractivity contribution is 9.10. The van der Waals surface area contributed by atoms with Crippen LogP contribution >= 0.6 is 27.3 Å². The molecule has 6 nitrogen and oxygen atoms in total. The van der Waals surface area contributed by atoms with Crippen molar-refractivity contribution in [2.75, 3.05) is 39.1 Å². The van der Waals surface area contributed by atoms with Crippen molar-refractivity contribution in [3.05, 3.63) is 56.7 Å². The maximum Gasteiger partial charge on any atom is 0.246 e. The molecule has 1 saturated heterocycles. The summed E-state index contributed by atoms with van der Waals surface area (Å²) in [6, 6.07) is 4.22. The van der Waals surface area contributed by atoms with Gasteiger partial charge in [0.2, 0.25) is 5.91 Å². The highest BCUT2D eigenvalue weighted by Gasteiger charge is 2.66. The van der Waals surface area contributed by atoms with E-state index in [1.54, 1.807) is 17.4 Å². The molecule has 1 amide bonds. The van der Waals surface area contributed by atoms with Crippen LogP contribution in [0.3, 0.4) is 0 Å². The predicted octanol–water partition coefficient (Wildman–Crippen LogP) is 5.05. The van der Waals surface area contributed by atoms with Crippen molar-refractivity contribution >= 4 is 44.9 Å². The van der Waals surface area contributed by atoms with Gasteiger partial charge in [-0.3, -0.25) is 9.69 Å². The van der Waals surface area contributed by atoms with Crippen LogP contribution in [0.1, 0.15) is 35.3 Å². The molecule has 3 heterocycles. The molecule has 2 fully saturated rings. The number of carbonyl (C=O) groups excluding carboxylic acids is 1. The first-order valence-electron chi connectivity index (χ1n) is 13.0. The number of phenolic OH excluding ortho intramolecular Hbond substituents is 1. The second-order valence-electron chi connectivity index (χ2n) is 11.1. The molecule has 5 atom stereocenters. The molecule has 2 aliphatic heterocycles. The van der Waals surface area contributed by atoms with Crippen LogP contribution in [-0.2, 0) is 16.6 Å². The number of anilines is 1. The van der Waals surface area contributed by atoms with Crippen LogP contribution in [0.25, 0.3) is 6.08 Å². The summed E-state index contributed by atoms with van der Waals surface area (Å²) in [5, 5.41) is 13.2. The van der Waals surface area contributed by atoms with E-state index in [0.29, 0.717) is 17.7 Å². The van der Waals surface area contributed by atoms with E-state index in [0.717, 1.165) is 53.8 Å². The Labute approximate surface area is 231 Å². The van der Waals surface area contributed by atoms with Crippen LogP contribution in [0, 0.1) is 5.92 Å². The zero-order chi connectivity index (χ0) is 26.1. The minimum absolute atomic E-state index is 0.0150. The molecule has 6 rings (SSSR count). The smallest absolute Gasteiger partial charge is 0.246 e. The van der Waals surface area contributed by atoms with Gasteiger partial charge in [0.25, 0.3) is 0 Å². The maximum absolute atomic E-state index is 13.4. The number of benzene rings is 1. The number of carbonyl (C=O) groups is 1. The summed E-state index contributed by atoms with van der Waals surface area (Å²) in [5.41, 5.74) is 3.38. The van der Waals surface area contributed by atoms with Crippen LogP contribution in [-0.4, -0.2) is 73.2 Å². The second-order valence-corrected chi connectivity index (χ2v) is 12.9. The minimum Gasteiger partial charge on any atom is -0.504 e. The topological polar surface area (TPSA) is 56.2 Å². The Bertz CT molecular complexity index is 1290. The normalized spacial score (nSPS) is 29.6. The van der Waals surface area contributed by atoms with E-state index < -0.39 is 0 Å². The molecule has 0 radical (unpaired) electrons. The number of hydrogen-bond donors (Lipinski definition) is 1. The molecule has 1 spiro atoms. The number of likely N-dealkylation sites (N-methyl/N-ethyl adjacent to an activating group) is 1. The Balaban J connectivity index is 1.41. The number of piperidine rings is 1. The zero-order valence-corrected chi connectivity index (χ0v) is 24.0. The summed E-state index contributed by atoms with van der Waals surface area (Å²) in [6.07, 6.45) is 9.24. The second kappa shape index (κ2) is 9.17. The molecule has 4 aliphatic rings. The Morgan fingerprint density at radius 2 is 2.16 bits per heavy atom. The van der Waals surface area contributed by atoms with E-state index in [4.69, 9.17) is 4.74 Å². The highest BCUT2D eigenvalue weighted by atomic mass is 79.9. The minimum atomic E-state index is -0.200. The van der Waals surface area contributed by atoms with Gasteiger partial charge in [-0.05, 0) is 71.8 Å². The Morgan fingerprint density at radius 3 is 2.86 bits per heavy atom. The Hall–Kier alpha value is -2.29. The van der Waals surface area contributed by atoms with E-state index >= 15 is 0 Å². The third kappa shape index (κ3) is 3.70. The summed E-state index contributed by atoms with van der Waals surface area (Å²) in [6.45, 7) is 5.87. The number of likely N-dealkylation sites (tertiary alicyclic amines) is 1. The average molecular weight is 585 g/mol. The summed E-state index contributed by atoms with van der Waals surface area (Å²) in [7, 11) is 5.99. The number of halogens is 1. The molecular formula is C29H34BrN3O3S. The van der Waals surface area contributed by atoms with Crippen LogP contribution < -0.4 is 9.64 Å². The Morgan fingerprint density at radius 1 is 1.35 bits per heavy atom. The third-order valence-corrected chi connectivity index (χ3v) is 10.8. The first kappa shape index (κ1) is 25.0. The lowest BCUT2D eigenvalue weighted by molar-refractivity contribution is -0.135. The van der Waals surface area contributed by atoms with Crippen molar-refractivity contribution < 1.29 is 14.6 Å². The van der Waals surface area contributed by atoms with Gasteiger partial charge in [0, 0.05) is 77.3 Å². The number of hydrogen-bond acceptors (Lipinski definition) is 6. The van der Waals surface area contributed by atoms with Gasteiger partial charge < -0.3 is 19.6 Å². The SMILES string of the molecule is C=CCN1CC[C@]23c4c5c(N(C)C)cc(O)c4O[C@H]2[C@H](N(C)C(=O)/C=C/c2cc(Br)cs2)CC[C@H]3[C@H]1C5. The molecule has 196 valence electrons. The third-order valence-electron chi connectivity index (χ3n) is 9.17. The predicted molar refractivity (Wildman–Crippen MR) is 153 cm³/mol. The number of rotatable bonds is 6. The van der Waals surface area contributed by atoms with Crippen molar-refractivity contribution in [1.82, 2.24) is 9.80 Å². The average Bonchev–Trinajstić information content (AvgIpc) is 3.45. The van der Waals surface area contributed by atoms with Gasteiger partial charge >= 0.3 is 0 Å². The lowest BCUT2D eigenvalue weighted by Crippen LogP contribution is -2.68. The summed E-state index contributed by atoms with van der Waals surface area (Å²) in [5.74, 6) is 1.28. The molecule has 0 unspecified atom stereocenters. The summed E-state index contributed by atoms with van der Waals surface area (Å²) in [4.78, 5) is 21.0. The summed E-state index contributed by atoms with van der Waals surface area (Å²) >= 11 is 5.09. The summed E-state index contributed by atoms with van der Waals surface area (Å²) < 4.78 is 7.78. The van der Waals surface area contributed by atoms with Crippen LogP contribution in [0.4, 0.5) is 5.69 Å². The van der Waals surface area contributed by atoms with Crippen molar-refractivity contribution in [3.8, 4) is 11.5 Å².